The van der Waals surface area contributed by atoms with Crippen molar-refractivity contribution in [3.8, 4) is 0 Å². The quantitative estimate of drug-likeness (QED) is 0.890. The van der Waals surface area contributed by atoms with E-state index in [9.17, 15) is 4.79 Å². The van der Waals surface area contributed by atoms with Crippen molar-refractivity contribution in [1.82, 2.24) is 15.1 Å². The topological polar surface area (TPSA) is 61.0 Å². The molecule has 0 aromatic carbocycles. The van der Waals surface area contributed by atoms with Gasteiger partial charge in [0, 0.05) is 12.6 Å². The highest BCUT2D eigenvalue weighted by atomic mass is 79.9. The van der Waals surface area contributed by atoms with Gasteiger partial charge in [0.1, 0.15) is 4.47 Å². The second kappa shape index (κ2) is 6.33. The maximum Gasteiger partial charge on any atom is 0.280 e. The van der Waals surface area contributed by atoms with Gasteiger partial charge in [-0.15, -0.1) is 0 Å². The first kappa shape index (κ1) is 13.5. The van der Waals surface area contributed by atoms with Crippen LogP contribution in [0.2, 0.25) is 0 Å². The second-order valence-electron chi connectivity index (χ2n) is 4.75. The molecule has 0 saturated carbocycles. The summed E-state index contributed by atoms with van der Waals surface area (Å²) < 4.78 is 0.517. The molecule has 1 aromatic heterocycles. The van der Waals surface area contributed by atoms with Crippen molar-refractivity contribution in [2.75, 3.05) is 25.0 Å². The molecule has 0 bridgehead atoms. The predicted octanol–water partition coefficient (Wildman–Crippen LogP) is 1.82. The van der Waals surface area contributed by atoms with E-state index in [2.05, 4.69) is 43.3 Å². The smallest absolute Gasteiger partial charge is 0.280 e. The Hall–Kier alpha value is -0.880. The van der Waals surface area contributed by atoms with Crippen molar-refractivity contribution in [2.45, 2.75) is 32.2 Å². The van der Waals surface area contributed by atoms with Crippen LogP contribution in [0.1, 0.15) is 26.2 Å². The molecule has 0 spiro atoms. The van der Waals surface area contributed by atoms with Gasteiger partial charge in [0.2, 0.25) is 0 Å². The Morgan fingerprint density at radius 2 is 2.22 bits per heavy atom. The van der Waals surface area contributed by atoms with Crippen molar-refractivity contribution in [3.05, 3.63) is 21.0 Å². The molecule has 6 heteroatoms. The van der Waals surface area contributed by atoms with E-state index in [1.165, 1.54) is 32.4 Å². The van der Waals surface area contributed by atoms with Crippen LogP contribution in [0.5, 0.6) is 0 Å². The summed E-state index contributed by atoms with van der Waals surface area (Å²) in [4.78, 5) is 13.9. The van der Waals surface area contributed by atoms with Crippen molar-refractivity contribution in [3.63, 3.8) is 0 Å². The van der Waals surface area contributed by atoms with E-state index < -0.39 is 0 Å². The monoisotopic (exact) mass is 314 g/mol. The molecule has 5 nitrogen and oxygen atoms in total. The molecule has 1 saturated heterocycles. The van der Waals surface area contributed by atoms with E-state index in [4.69, 9.17) is 0 Å². The molecule has 0 amide bonds. The predicted molar refractivity (Wildman–Crippen MR) is 75.9 cm³/mol. The number of halogens is 1. The van der Waals surface area contributed by atoms with Crippen molar-refractivity contribution < 1.29 is 0 Å². The summed E-state index contributed by atoms with van der Waals surface area (Å²) in [7, 11) is 0. The normalized spacial score (nSPS) is 18.6. The van der Waals surface area contributed by atoms with Gasteiger partial charge in [-0.3, -0.25) is 9.69 Å². The van der Waals surface area contributed by atoms with Crippen LogP contribution in [-0.2, 0) is 0 Å². The molecule has 2 rings (SSSR count). The molecule has 2 N–H and O–H groups in total. The van der Waals surface area contributed by atoms with Gasteiger partial charge in [-0.1, -0.05) is 6.42 Å². The van der Waals surface area contributed by atoms with Gasteiger partial charge in [0.25, 0.3) is 5.56 Å². The minimum absolute atomic E-state index is 0.203. The standard InChI is InChI=1S/C12H19BrN4O/c1-9(17-5-3-2-4-6-17)7-14-10-8-15-16-12(18)11(10)13/h8-9H,2-7H2,1H3,(H2,14,16,18). The molecular weight excluding hydrogens is 296 g/mol. The molecule has 1 unspecified atom stereocenters. The maximum absolute atomic E-state index is 11.4. The zero-order chi connectivity index (χ0) is 13.0. The van der Waals surface area contributed by atoms with Gasteiger partial charge >= 0.3 is 0 Å². The minimum Gasteiger partial charge on any atom is -0.381 e. The van der Waals surface area contributed by atoms with Crippen LogP contribution in [0.3, 0.4) is 0 Å². The van der Waals surface area contributed by atoms with E-state index in [0.717, 1.165) is 12.2 Å². The Balaban J connectivity index is 1.90. The number of hydrogen-bond donors (Lipinski definition) is 2. The van der Waals surface area contributed by atoms with Crippen LogP contribution in [-0.4, -0.2) is 40.8 Å². The molecule has 1 aliphatic heterocycles. The zero-order valence-electron chi connectivity index (χ0n) is 10.6. The summed E-state index contributed by atoms with van der Waals surface area (Å²) in [6, 6.07) is 0.469. The molecule has 1 aromatic rings. The van der Waals surface area contributed by atoms with Crippen LogP contribution in [0.15, 0.2) is 15.5 Å². The molecular formula is C12H19BrN4O. The second-order valence-corrected chi connectivity index (χ2v) is 5.55. The lowest BCUT2D eigenvalue weighted by molar-refractivity contribution is 0.180. The van der Waals surface area contributed by atoms with E-state index in [1.807, 2.05) is 0 Å². The molecule has 2 heterocycles. The largest absolute Gasteiger partial charge is 0.381 e. The highest BCUT2D eigenvalue weighted by Gasteiger charge is 2.16. The summed E-state index contributed by atoms with van der Waals surface area (Å²) in [5.74, 6) is 0. The highest BCUT2D eigenvalue weighted by molar-refractivity contribution is 9.10. The lowest BCUT2D eigenvalue weighted by Crippen LogP contribution is -2.41. The Morgan fingerprint density at radius 1 is 1.50 bits per heavy atom. The summed E-state index contributed by atoms with van der Waals surface area (Å²) in [6.07, 6.45) is 5.57. The third-order valence-electron chi connectivity index (χ3n) is 3.40. The molecule has 18 heavy (non-hydrogen) atoms. The van der Waals surface area contributed by atoms with Gasteiger partial charge in [0.05, 0.1) is 11.9 Å². The fraction of sp³-hybridized carbons (Fsp3) is 0.667. The summed E-state index contributed by atoms with van der Waals surface area (Å²) in [5, 5.41) is 9.46. The van der Waals surface area contributed by atoms with Gasteiger partial charge in [-0.05, 0) is 48.8 Å². The van der Waals surface area contributed by atoms with E-state index in [0.29, 0.717) is 10.5 Å². The Bertz CT molecular complexity index is 442. The summed E-state index contributed by atoms with van der Waals surface area (Å²) in [5.41, 5.74) is 0.549. The molecule has 1 atom stereocenters. The number of hydrogen-bond acceptors (Lipinski definition) is 4. The van der Waals surface area contributed by atoms with Crippen LogP contribution < -0.4 is 10.9 Å². The summed E-state index contributed by atoms with van der Waals surface area (Å²) >= 11 is 3.27. The van der Waals surface area contributed by atoms with Crippen LogP contribution in [0, 0.1) is 0 Å². The number of H-pyrrole nitrogens is 1. The Morgan fingerprint density at radius 3 is 2.94 bits per heavy atom. The number of aromatic amines is 1. The van der Waals surface area contributed by atoms with E-state index in [1.54, 1.807) is 6.20 Å². The molecule has 1 aliphatic rings. The Kier molecular flexibility index (Phi) is 4.77. The molecule has 0 aliphatic carbocycles. The fourth-order valence-electron chi connectivity index (χ4n) is 2.25. The van der Waals surface area contributed by atoms with Crippen molar-refractivity contribution in [2.24, 2.45) is 0 Å². The number of nitrogens with one attached hydrogen (secondary N) is 2. The molecule has 100 valence electrons. The van der Waals surface area contributed by atoms with Gasteiger partial charge in [-0.2, -0.15) is 5.10 Å². The number of piperidine rings is 1. The molecule has 1 fully saturated rings. The first-order valence-corrected chi connectivity index (χ1v) is 7.19. The number of aromatic nitrogens is 2. The van der Waals surface area contributed by atoms with Gasteiger partial charge in [-0.25, -0.2) is 5.10 Å². The van der Waals surface area contributed by atoms with E-state index >= 15 is 0 Å². The SMILES string of the molecule is CC(CNc1cn[nH]c(=O)c1Br)N1CCCCC1. The van der Waals surface area contributed by atoms with Gasteiger partial charge < -0.3 is 5.32 Å². The first-order valence-electron chi connectivity index (χ1n) is 6.39. The Labute approximate surface area is 115 Å². The molecule has 0 radical (unpaired) electrons. The first-order chi connectivity index (χ1) is 8.68. The maximum atomic E-state index is 11.4. The minimum atomic E-state index is -0.203. The van der Waals surface area contributed by atoms with Crippen molar-refractivity contribution >= 4 is 21.6 Å². The third-order valence-corrected chi connectivity index (χ3v) is 4.18. The van der Waals surface area contributed by atoms with Crippen molar-refractivity contribution in [1.29, 1.82) is 0 Å². The lowest BCUT2D eigenvalue weighted by Gasteiger charge is -2.32. The van der Waals surface area contributed by atoms with Crippen LogP contribution in [0.25, 0.3) is 0 Å². The fourth-order valence-corrected chi connectivity index (χ4v) is 2.58. The lowest BCUT2D eigenvalue weighted by atomic mass is 10.1. The van der Waals surface area contributed by atoms with Crippen LogP contribution in [0.4, 0.5) is 5.69 Å². The highest BCUT2D eigenvalue weighted by Crippen LogP contribution is 2.17. The number of rotatable bonds is 4. The van der Waals surface area contributed by atoms with Crippen LogP contribution >= 0.6 is 15.9 Å². The number of nitrogens with zero attached hydrogens (tertiary/aromatic N) is 2. The average molecular weight is 315 g/mol. The third kappa shape index (κ3) is 3.32. The average Bonchev–Trinajstić information content (AvgIpc) is 2.41. The zero-order valence-corrected chi connectivity index (χ0v) is 12.2. The number of anilines is 1. The van der Waals surface area contributed by atoms with Gasteiger partial charge in [0.15, 0.2) is 0 Å². The summed E-state index contributed by atoms with van der Waals surface area (Å²) in [6.45, 7) is 5.39. The van der Waals surface area contributed by atoms with E-state index in [-0.39, 0.29) is 5.56 Å². The number of likely N-dealkylation sites (tertiary alicyclic amines) is 1.